The number of hydrogen-bond donors (Lipinski definition) is 2. The van der Waals surface area contributed by atoms with Crippen LogP contribution in [-0.4, -0.2) is 49.8 Å². The summed E-state index contributed by atoms with van der Waals surface area (Å²) in [7, 11) is 0. The molecular weight excluding hydrogens is 342 g/mol. The highest BCUT2D eigenvalue weighted by Gasteiger charge is 2.36. The molecule has 6 heteroatoms. The highest BCUT2D eigenvalue weighted by molar-refractivity contribution is 5.82. The van der Waals surface area contributed by atoms with Gasteiger partial charge in [0.1, 0.15) is 6.04 Å². The maximum absolute atomic E-state index is 12.9. The van der Waals surface area contributed by atoms with E-state index in [0.717, 1.165) is 24.3 Å². The van der Waals surface area contributed by atoms with E-state index < -0.39 is 6.04 Å². The number of para-hydroxylation sites is 2. The minimum Gasteiger partial charge on any atom is -0.464 e. The molecule has 0 aromatic heterocycles. The number of hydrogen-bond acceptors (Lipinski definition) is 6. The van der Waals surface area contributed by atoms with Crippen LogP contribution >= 0.6 is 0 Å². The Kier molecular flexibility index (Phi) is 6.68. The lowest BCUT2D eigenvalue weighted by Crippen LogP contribution is -2.49. The first-order chi connectivity index (χ1) is 13.2. The number of carbonyl (C=O) groups is 1. The number of carbonyl (C=O) groups excluding carboxylic acids is 1. The van der Waals surface area contributed by atoms with E-state index in [1.807, 2.05) is 61.5 Å². The second-order valence-electron chi connectivity index (χ2n) is 6.47. The van der Waals surface area contributed by atoms with Crippen molar-refractivity contribution in [3.05, 3.63) is 60.2 Å². The fraction of sp³-hybridized carbons (Fsp3) is 0.381. The van der Waals surface area contributed by atoms with Crippen LogP contribution in [0.15, 0.2) is 54.6 Å². The van der Waals surface area contributed by atoms with Crippen LogP contribution in [0, 0.1) is 0 Å². The summed E-state index contributed by atoms with van der Waals surface area (Å²) in [6.07, 6.45) is 0. The molecule has 3 N–H and O–H groups in total. The summed E-state index contributed by atoms with van der Waals surface area (Å²) in [5.41, 5.74) is 8.49. The summed E-state index contributed by atoms with van der Waals surface area (Å²) in [5, 5.41) is 3.35. The van der Waals surface area contributed by atoms with Crippen molar-refractivity contribution in [3.63, 3.8) is 0 Å². The molecule has 1 fully saturated rings. The van der Waals surface area contributed by atoms with Crippen LogP contribution in [0.25, 0.3) is 0 Å². The average Bonchev–Trinajstić information content (AvgIpc) is 2.71. The van der Waals surface area contributed by atoms with Crippen LogP contribution in [0.2, 0.25) is 0 Å². The predicted octanol–water partition coefficient (Wildman–Crippen LogP) is 2.69. The van der Waals surface area contributed by atoms with Crippen molar-refractivity contribution in [2.75, 3.05) is 44.0 Å². The molecule has 144 valence electrons. The highest BCUT2D eigenvalue weighted by atomic mass is 16.5. The largest absolute Gasteiger partial charge is 0.464 e. The van der Waals surface area contributed by atoms with Crippen LogP contribution in [0.5, 0.6) is 0 Å². The van der Waals surface area contributed by atoms with Crippen molar-refractivity contribution in [1.82, 2.24) is 4.90 Å². The van der Waals surface area contributed by atoms with Gasteiger partial charge in [-0.3, -0.25) is 4.90 Å². The second kappa shape index (κ2) is 9.39. The zero-order valence-electron chi connectivity index (χ0n) is 15.6. The van der Waals surface area contributed by atoms with E-state index in [1.54, 1.807) is 0 Å². The molecule has 0 spiro atoms. The van der Waals surface area contributed by atoms with E-state index in [-0.39, 0.29) is 12.0 Å². The molecule has 27 heavy (non-hydrogen) atoms. The number of rotatable bonds is 7. The summed E-state index contributed by atoms with van der Waals surface area (Å²) in [6, 6.07) is 16.7. The Labute approximate surface area is 160 Å². The van der Waals surface area contributed by atoms with Crippen molar-refractivity contribution in [2.45, 2.75) is 19.0 Å². The van der Waals surface area contributed by atoms with Crippen LogP contribution in [0.4, 0.5) is 11.4 Å². The molecule has 0 bridgehead atoms. The van der Waals surface area contributed by atoms with E-state index in [4.69, 9.17) is 15.2 Å². The molecule has 1 aliphatic rings. The number of nitrogens with one attached hydrogen (secondary N) is 1. The van der Waals surface area contributed by atoms with Gasteiger partial charge in [-0.1, -0.05) is 42.5 Å². The van der Waals surface area contributed by atoms with Gasteiger partial charge in [-0.25, -0.2) is 4.79 Å². The predicted molar refractivity (Wildman–Crippen MR) is 106 cm³/mol. The van der Waals surface area contributed by atoms with Crippen LogP contribution in [0.1, 0.15) is 18.5 Å². The van der Waals surface area contributed by atoms with Crippen LogP contribution < -0.4 is 11.1 Å². The van der Waals surface area contributed by atoms with Gasteiger partial charge in [0.25, 0.3) is 0 Å². The summed E-state index contributed by atoms with van der Waals surface area (Å²) in [4.78, 5) is 15.2. The summed E-state index contributed by atoms with van der Waals surface area (Å²) >= 11 is 0. The Morgan fingerprint density at radius 3 is 2.48 bits per heavy atom. The highest BCUT2D eigenvalue weighted by Crippen LogP contribution is 2.30. The first-order valence-electron chi connectivity index (χ1n) is 9.35. The van der Waals surface area contributed by atoms with Crippen molar-refractivity contribution in [2.24, 2.45) is 0 Å². The van der Waals surface area contributed by atoms with Gasteiger partial charge in [0, 0.05) is 13.1 Å². The molecule has 0 unspecified atom stereocenters. The minimum absolute atomic E-state index is 0.186. The summed E-state index contributed by atoms with van der Waals surface area (Å²) in [6.45, 7) is 4.94. The third kappa shape index (κ3) is 4.78. The van der Waals surface area contributed by atoms with Gasteiger partial charge in [-0.2, -0.15) is 0 Å². The zero-order valence-corrected chi connectivity index (χ0v) is 15.6. The van der Waals surface area contributed by atoms with Crippen LogP contribution in [0.3, 0.4) is 0 Å². The Balaban J connectivity index is 1.98. The lowest BCUT2D eigenvalue weighted by atomic mass is 9.96. The monoisotopic (exact) mass is 369 g/mol. The van der Waals surface area contributed by atoms with Gasteiger partial charge in [0.2, 0.25) is 0 Å². The number of anilines is 2. The van der Waals surface area contributed by atoms with Crippen LogP contribution in [-0.2, 0) is 14.3 Å². The molecule has 2 aromatic carbocycles. The van der Waals surface area contributed by atoms with E-state index in [9.17, 15) is 4.79 Å². The summed E-state index contributed by atoms with van der Waals surface area (Å²) < 4.78 is 10.9. The lowest BCUT2D eigenvalue weighted by Gasteiger charge is -2.39. The van der Waals surface area contributed by atoms with Crippen molar-refractivity contribution < 1.29 is 14.3 Å². The molecule has 2 aromatic rings. The third-order valence-electron chi connectivity index (χ3n) is 4.71. The molecule has 2 atom stereocenters. The first-order valence-corrected chi connectivity index (χ1v) is 9.35. The molecule has 0 radical (unpaired) electrons. The molecule has 0 amide bonds. The normalized spacial score (nSPS) is 17.1. The second-order valence-corrected chi connectivity index (χ2v) is 6.47. The molecular formula is C21H27N3O3. The van der Waals surface area contributed by atoms with Gasteiger partial charge in [0.05, 0.1) is 37.2 Å². The lowest BCUT2D eigenvalue weighted by molar-refractivity contribution is -0.146. The number of esters is 1. The molecule has 6 nitrogen and oxygen atoms in total. The molecule has 3 rings (SSSR count). The maximum atomic E-state index is 12.9. The fourth-order valence-corrected chi connectivity index (χ4v) is 3.41. The van der Waals surface area contributed by atoms with E-state index in [1.165, 1.54) is 0 Å². The number of nitrogen functional groups attached to an aromatic ring is 1. The van der Waals surface area contributed by atoms with E-state index in [0.29, 0.717) is 25.5 Å². The Morgan fingerprint density at radius 1 is 1.15 bits per heavy atom. The van der Waals surface area contributed by atoms with E-state index >= 15 is 0 Å². The Morgan fingerprint density at radius 2 is 1.81 bits per heavy atom. The molecule has 0 saturated carbocycles. The molecule has 1 aliphatic heterocycles. The standard InChI is InChI=1S/C21H27N3O3/c1-2-27-21(25)19(23-18-11-7-6-10-17(18)22)20(16-8-4-3-5-9-16)24-12-14-26-15-13-24/h3-11,19-20,23H,2,12-15,22H2,1H3/t19-,20+/m0/s1. The minimum atomic E-state index is -0.588. The maximum Gasteiger partial charge on any atom is 0.330 e. The number of nitrogens with two attached hydrogens (primary N) is 1. The van der Waals surface area contributed by atoms with Gasteiger partial charge >= 0.3 is 5.97 Å². The van der Waals surface area contributed by atoms with Gasteiger partial charge in [-0.15, -0.1) is 0 Å². The van der Waals surface area contributed by atoms with Crippen molar-refractivity contribution >= 4 is 17.3 Å². The average molecular weight is 369 g/mol. The SMILES string of the molecule is CCOC(=O)[C@@H](Nc1ccccc1N)[C@@H](c1ccccc1)N1CCOCC1. The van der Waals surface area contributed by atoms with Gasteiger partial charge in [-0.05, 0) is 24.6 Å². The van der Waals surface area contributed by atoms with Crippen molar-refractivity contribution in [3.8, 4) is 0 Å². The molecule has 1 heterocycles. The smallest absolute Gasteiger partial charge is 0.330 e. The third-order valence-corrected chi connectivity index (χ3v) is 4.71. The Hall–Kier alpha value is -2.57. The van der Waals surface area contributed by atoms with Crippen molar-refractivity contribution in [1.29, 1.82) is 0 Å². The Bertz CT molecular complexity index is 732. The molecule has 1 saturated heterocycles. The summed E-state index contributed by atoms with van der Waals surface area (Å²) in [5.74, 6) is -0.291. The number of nitrogens with zero attached hydrogens (tertiary/aromatic N) is 1. The zero-order chi connectivity index (χ0) is 19.1. The van der Waals surface area contributed by atoms with Gasteiger partial charge in [0.15, 0.2) is 0 Å². The number of benzene rings is 2. The quantitative estimate of drug-likeness (QED) is 0.577. The number of ether oxygens (including phenoxy) is 2. The fourth-order valence-electron chi connectivity index (χ4n) is 3.41. The van der Waals surface area contributed by atoms with Gasteiger partial charge < -0.3 is 20.5 Å². The number of morpholine rings is 1. The molecule has 0 aliphatic carbocycles. The topological polar surface area (TPSA) is 76.8 Å². The van der Waals surface area contributed by atoms with E-state index in [2.05, 4.69) is 10.2 Å². The first kappa shape index (κ1) is 19.2.